The number of nitrogens with zero attached hydrogens (tertiary/aromatic N) is 1. The summed E-state index contributed by atoms with van der Waals surface area (Å²) in [5.74, 6) is -0.230. The van der Waals surface area contributed by atoms with Crippen molar-refractivity contribution in [3.05, 3.63) is 80.6 Å². The summed E-state index contributed by atoms with van der Waals surface area (Å²) in [6, 6.07) is 8.44. The molecule has 4 rings (SSSR count). The third-order valence-corrected chi connectivity index (χ3v) is 6.03. The largest absolute Gasteiger partial charge is 0.469 e. The Bertz CT molecular complexity index is 1270. The second-order valence-corrected chi connectivity index (χ2v) is 8.34. The number of furan rings is 2. The summed E-state index contributed by atoms with van der Waals surface area (Å²) in [6.45, 7) is 3.44. The normalized spacial score (nSPS) is 14.0. The van der Waals surface area contributed by atoms with Gasteiger partial charge in [0.1, 0.15) is 11.5 Å². The molecule has 0 saturated heterocycles. The zero-order valence-electron chi connectivity index (χ0n) is 18.0. The molecule has 2 heterocycles. The Kier molecular flexibility index (Phi) is 6.45. The van der Waals surface area contributed by atoms with Crippen LogP contribution < -0.4 is 16.3 Å². The van der Waals surface area contributed by atoms with Crippen molar-refractivity contribution in [1.29, 1.82) is 0 Å². The van der Waals surface area contributed by atoms with E-state index in [1.54, 1.807) is 44.2 Å². The van der Waals surface area contributed by atoms with Crippen molar-refractivity contribution >= 4 is 39.4 Å². The Morgan fingerprint density at radius 3 is 2.45 bits per heavy atom. The van der Waals surface area contributed by atoms with Gasteiger partial charge < -0.3 is 8.83 Å². The monoisotopic (exact) mass is 512 g/mol. The SMILES string of the molecule is Cc1occc1C(=O)N/N=C1\CCCc2oc(C(=O)NNC(=O)c3ccccc3Br)c(C)c21. The first-order chi connectivity index (χ1) is 15.9. The molecule has 10 heteroatoms. The zero-order valence-corrected chi connectivity index (χ0v) is 19.5. The van der Waals surface area contributed by atoms with Crippen LogP contribution in [0.4, 0.5) is 0 Å². The van der Waals surface area contributed by atoms with Gasteiger partial charge in [-0.1, -0.05) is 12.1 Å². The molecule has 0 fully saturated rings. The number of amides is 3. The third kappa shape index (κ3) is 4.61. The van der Waals surface area contributed by atoms with Gasteiger partial charge in [-0.3, -0.25) is 25.2 Å². The lowest BCUT2D eigenvalue weighted by molar-refractivity contribution is 0.0829. The van der Waals surface area contributed by atoms with Gasteiger partial charge in [-0.25, -0.2) is 5.43 Å². The minimum absolute atomic E-state index is 0.0824. The zero-order chi connectivity index (χ0) is 23.5. The standard InChI is InChI=1S/C23H21BrN4O5/c1-12-19-17(25-26-21(29)14-10-11-32-13(14)2)8-5-9-18(19)33-20(12)23(31)28-27-22(30)15-6-3-4-7-16(15)24/h3-4,6-7,10-11H,5,8-9H2,1-2H3,(H,26,29)(H,27,30)(H,28,31)/b25-17+. The number of nitrogens with one attached hydrogen (secondary N) is 3. The van der Waals surface area contributed by atoms with Gasteiger partial charge in [0.2, 0.25) is 0 Å². The van der Waals surface area contributed by atoms with E-state index in [1.807, 2.05) is 0 Å². The van der Waals surface area contributed by atoms with Gasteiger partial charge in [0.15, 0.2) is 5.76 Å². The molecule has 1 aliphatic rings. The fourth-order valence-electron chi connectivity index (χ4n) is 3.68. The molecule has 3 aromatic rings. The highest BCUT2D eigenvalue weighted by atomic mass is 79.9. The molecule has 2 aromatic heterocycles. The van der Waals surface area contributed by atoms with Crippen molar-refractivity contribution in [2.75, 3.05) is 0 Å². The number of hydrogen-bond donors (Lipinski definition) is 3. The lowest BCUT2D eigenvalue weighted by atomic mass is 9.93. The fraction of sp³-hybridized carbons (Fsp3) is 0.217. The number of carbonyl (C=O) groups excluding carboxylic acids is 3. The third-order valence-electron chi connectivity index (χ3n) is 5.34. The molecule has 3 N–H and O–H groups in total. The molecular weight excluding hydrogens is 492 g/mol. The summed E-state index contributed by atoms with van der Waals surface area (Å²) in [7, 11) is 0. The Morgan fingerprint density at radius 1 is 0.970 bits per heavy atom. The van der Waals surface area contributed by atoms with Gasteiger partial charge >= 0.3 is 5.91 Å². The van der Waals surface area contributed by atoms with Crippen LogP contribution >= 0.6 is 15.9 Å². The number of hydrogen-bond acceptors (Lipinski definition) is 6. The number of halogens is 1. The lowest BCUT2D eigenvalue weighted by Crippen LogP contribution is -2.41. The van der Waals surface area contributed by atoms with Crippen LogP contribution in [0, 0.1) is 13.8 Å². The maximum atomic E-state index is 12.7. The molecule has 3 amide bonds. The highest BCUT2D eigenvalue weighted by Gasteiger charge is 2.28. The lowest BCUT2D eigenvalue weighted by Gasteiger charge is -2.13. The van der Waals surface area contributed by atoms with E-state index in [4.69, 9.17) is 8.83 Å². The highest BCUT2D eigenvalue weighted by molar-refractivity contribution is 9.10. The summed E-state index contributed by atoms with van der Waals surface area (Å²) in [5, 5.41) is 4.29. The van der Waals surface area contributed by atoms with Crippen LogP contribution in [0.2, 0.25) is 0 Å². The summed E-state index contributed by atoms with van der Waals surface area (Å²) in [4.78, 5) is 37.4. The number of hydrazone groups is 1. The van der Waals surface area contributed by atoms with E-state index in [1.165, 1.54) is 6.26 Å². The second kappa shape index (κ2) is 9.45. The van der Waals surface area contributed by atoms with E-state index in [9.17, 15) is 14.4 Å². The van der Waals surface area contributed by atoms with Crippen molar-refractivity contribution in [1.82, 2.24) is 16.3 Å². The summed E-state index contributed by atoms with van der Waals surface area (Å²) in [6.07, 6.45) is 3.47. The van der Waals surface area contributed by atoms with Crippen LogP contribution in [-0.4, -0.2) is 23.4 Å². The number of hydrazine groups is 1. The summed E-state index contributed by atoms with van der Waals surface area (Å²) in [5.41, 5.74) is 10.0. The Morgan fingerprint density at radius 2 is 1.73 bits per heavy atom. The number of carbonyl (C=O) groups is 3. The first-order valence-corrected chi connectivity index (χ1v) is 11.0. The van der Waals surface area contributed by atoms with Crippen LogP contribution in [0.5, 0.6) is 0 Å². The van der Waals surface area contributed by atoms with Crippen LogP contribution in [0.25, 0.3) is 0 Å². The predicted molar refractivity (Wildman–Crippen MR) is 123 cm³/mol. The molecule has 0 bridgehead atoms. The van der Waals surface area contributed by atoms with Crippen molar-refractivity contribution in [2.45, 2.75) is 33.1 Å². The molecule has 170 valence electrons. The predicted octanol–water partition coefficient (Wildman–Crippen LogP) is 3.80. The molecule has 1 aliphatic carbocycles. The van der Waals surface area contributed by atoms with Gasteiger partial charge in [0.05, 0.1) is 23.1 Å². The molecule has 1 aromatic carbocycles. The Hall–Kier alpha value is -3.66. The average molecular weight is 513 g/mol. The van der Waals surface area contributed by atoms with Crippen LogP contribution in [0.1, 0.15) is 66.8 Å². The van der Waals surface area contributed by atoms with Gasteiger partial charge in [-0.15, -0.1) is 0 Å². The van der Waals surface area contributed by atoms with E-state index in [0.717, 1.165) is 6.42 Å². The Labute approximate surface area is 197 Å². The van der Waals surface area contributed by atoms with Gasteiger partial charge in [-0.05, 0) is 60.8 Å². The van der Waals surface area contributed by atoms with E-state index in [0.29, 0.717) is 56.8 Å². The first-order valence-electron chi connectivity index (χ1n) is 10.3. The number of aryl methyl sites for hydroxylation is 2. The quantitative estimate of drug-likeness (QED) is 0.458. The minimum Gasteiger partial charge on any atom is -0.469 e. The van der Waals surface area contributed by atoms with Gasteiger partial charge in [-0.2, -0.15) is 5.10 Å². The molecule has 0 aliphatic heterocycles. The smallest absolute Gasteiger partial charge is 0.305 e. The highest BCUT2D eigenvalue weighted by Crippen LogP contribution is 2.30. The molecule has 33 heavy (non-hydrogen) atoms. The molecule has 0 atom stereocenters. The maximum absolute atomic E-state index is 12.7. The number of benzene rings is 1. The van der Waals surface area contributed by atoms with Gasteiger partial charge in [0, 0.05) is 22.0 Å². The van der Waals surface area contributed by atoms with E-state index in [2.05, 4.69) is 37.3 Å². The van der Waals surface area contributed by atoms with Crippen LogP contribution in [-0.2, 0) is 6.42 Å². The number of fused-ring (bicyclic) bond motifs is 1. The second-order valence-electron chi connectivity index (χ2n) is 7.49. The molecule has 0 spiro atoms. The maximum Gasteiger partial charge on any atom is 0.305 e. The number of rotatable bonds is 4. The molecule has 0 unspecified atom stereocenters. The van der Waals surface area contributed by atoms with Gasteiger partial charge in [0.25, 0.3) is 11.8 Å². The van der Waals surface area contributed by atoms with Crippen molar-refractivity contribution in [2.24, 2.45) is 5.10 Å². The molecule has 0 saturated carbocycles. The van der Waals surface area contributed by atoms with Crippen LogP contribution in [0.15, 0.2) is 55.0 Å². The minimum atomic E-state index is -0.584. The Balaban J connectivity index is 1.49. The average Bonchev–Trinajstić information content (AvgIpc) is 3.39. The van der Waals surface area contributed by atoms with Crippen molar-refractivity contribution in [3.8, 4) is 0 Å². The molecule has 9 nitrogen and oxygen atoms in total. The van der Waals surface area contributed by atoms with Crippen molar-refractivity contribution in [3.63, 3.8) is 0 Å². The fourth-order valence-corrected chi connectivity index (χ4v) is 4.14. The van der Waals surface area contributed by atoms with Crippen LogP contribution in [0.3, 0.4) is 0 Å². The van der Waals surface area contributed by atoms with E-state index in [-0.39, 0.29) is 11.7 Å². The molecular formula is C23H21BrN4O5. The summed E-state index contributed by atoms with van der Waals surface area (Å²) >= 11 is 3.31. The van der Waals surface area contributed by atoms with E-state index >= 15 is 0 Å². The topological polar surface area (TPSA) is 126 Å². The van der Waals surface area contributed by atoms with E-state index < -0.39 is 11.8 Å². The molecule has 0 radical (unpaired) electrons. The first kappa shape index (κ1) is 22.5. The summed E-state index contributed by atoms with van der Waals surface area (Å²) < 4.78 is 11.6. The van der Waals surface area contributed by atoms with Crippen molar-refractivity contribution < 1.29 is 23.2 Å².